The van der Waals surface area contributed by atoms with E-state index in [1.807, 2.05) is 0 Å². The van der Waals surface area contributed by atoms with Gasteiger partial charge in [0.1, 0.15) is 6.10 Å². The predicted molar refractivity (Wildman–Crippen MR) is 264 cm³/mol. The van der Waals surface area contributed by atoms with E-state index in [9.17, 15) is 20.1 Å². The minimum absolute atomic E-state index is 0.136. The van der Waals surface area contributed by atoms with Crippen LogP contribution < -0.4 is 5.32 Å². The molecule has 0 aliphatic rings. The van der Waals surface area contributed by atoms with E-state index in [1.54, 1.807) is 0 Å². The molecule has 0 aliphatic heterocycles. The molecule has 360 valence electrons. The van der Waals surface area contributed by atoms with Crippen molar-refractivity contribution in [3.63, 3.8) is 0 Å². The number of hydrogen-bond acceptors (Lipinski definition) is 4. The number of hydrogen-bond donors (Lipinski definition) is 4. The van der Waals surface area contributed by atoms with E-state index in [0.717, 1.165) is 32.1 Å². The standard InChI is InChI=1S/C55H111NO4/c1-3-5-7-9-11-13-15-17-19-21-23-25-27-28-29-31-33-35-37-39-41-43-45-47-49-53(58)55(60)52(51-57)56-54(59)50-48-46-44-42-40-38-36-34-32-30-26-24-22-20-18-16-14-12-10-8-6-4-2/h52-53,55,57-58,60H,3-51H2,1-2H3,(H,56,59). The van der Waals surface area contributed by atoms with Gasteiger partial charge in [-0.25, -0.2) is 0 Å². The fraction of sp³-hybridized carbons (Fsp3) is 0.982. The number of nitrogens with one attached hydrogen (secondary N) is 1. The summed E-state index contributed by atoms with van der Waals surface area (Å²) in [6.45, 7) is 4.23. The van der Waals surface area contributed by atoms with Crippen LogP contribution in [-0.2, 0) is 4.79 Å². The average molecular weight is 850 g/mol. The second-order valence-electron chi connectivity index (χ2n) is 19.5. The first-order valence-corrected chi connectivity index (χ1v) is 27.8. The average Bonchev–Trinajstić information content (AvgIpc) is 3.25. The number of rotatable bonds is 52. The van der Waals surface area contributed by atoms with E-state index in [1.165, 1.54) is 263 Å². The third-order valence-corrected chi connectivity index (χ3v) is 13.5. The molecular formula is C55H111NO4. The summed E-state index contributed by atoms with van der Waals surface area (Å²) >= 11 is 0. The van der Waals surface area contributed by atoms with Crippen LogP contribution in [-0.4, -0.2) is 46.1 Å². The molecule has 0 rings (SSSR count). The summed E-state index contributed by atoms with van der Waals surface area (Å²) in [5.41, 5.74) is 0. The Morgan fingerprint density at radius 3 is 0.800 bits per heavy atom. The number of carbonyl (C=O) groups is 1. The molecule has 1 amide bonds. The van der Waals surface area contributed by atoms with Crippen molar-refractivity contribution in [2.45, 2.75) is 340 Å². The van der Waals surface area contributed by atoms with Gasteiger partial charge in [-0.2, -0.15) is 0 Å². The number of aliphatic hydroxyl groups is 3. The van der Waals surface area contributed by atoms with E-state index in [0.29, 0.717) is 12.8 Å². The van der Waals surface area contributed by atoms with Crippen molar-refractivity contribution in [2.75, 3.05) is 6.61 Å². The van der Waals surface area contributed by atoms with Crippen molar-refractivity contribution in [3.05, 3.63) is 0 Å². The van der Waals surface area contributed by atoms with E-state index < -0.39 is 18.2 Å². The molecule has 0 aromatic rings. The summed E-state index contributed by atoms with van der Waals surface area (Å²) in [7, 11) is 0. The summed E-state index contributed by atoms with van der Waals surface area (Å²) in [6.07, 6.45) is 61.1. The van der Waals surface area contributed by atoms with Crippen LogP contribution in [0, 0.1) is 0 Å². The molecule has 3 unspecified atom stereocenters. The smallest absolute Gasteiger partial charge is 0.220 e. The van der Waals surface area contributed by atoms with E-state index in [2.05, 4.69) is 19.2 Å². The van der Waals surface area contributed by atoms with E-state index in [4.69, 9.17) is 0 Å². The zero-order valence-corrected chi connectivity index (χ0v) is 41.1. The SMILES string of the molecule is CCCCCCCCCCCCCCCCCCCCCCCCCCC(O)C(O)C(CO)NC(=O)CCCCCCCCCCCCCCCCCCCCCCCC. The third kappa shape index (κ3) is 45.4. The molecule has 0 aromatic heterocycles. The Kier molecular flexibility index (Phi) is 50.4. The predicted octanol–water partition coefficient (Wildman–Crippen LogP) is 16.9. The molecule has 0 heterocycles. The lowest BCUT2D eigenvalue weighted by Gasteiger charge is -2.26. The van der Waals surface area contributed by atoms with Gasteiger partial charge in [0.2, 0.25) is 5.91 Å². The van der Waals surface area contributed by atoms with Gasteiger partial charge < -0.3 is 20.6 Å². The van der Waals surface area contributed by atoms with Gasteiger partial charge in [0.25, 0.3) is 0 Å². The van der Waals surface area contributed by atoms with Gasteiger partial charge in [0.15, 0.2) is 0 Å². The summed E-state index contributed by atoms with van der Waals surface area (Å²) in [6, 6.07) is -0.804. The first kappa shape index (κ1) is 59.4. The molecule has 0 saturated heterocycles. The highest BCUT2D eigenvalue weighted by molar-refractivity contribution is 5.76. The maximum Gasteiger partial charge on any atom is 0.220 e. The zero-order valence-electron chi connectivity index (χ0n) is 41.1. The van der Waals surface area contributed by atoms with Gasteiger partial charge in [-0.05, 0) is 12.8 Å². The van der Waals surface area contributed by atoms with Crippen LogP contribution in [0.15, 0.2) is 0 Å². The Bertz CT molecular complexity index is 807. The molecule has 0 aromatic carbocycles. The molecule has 0 spiro atoms. The molecule has 5 nitrogen and oxygen atoms in total. The van der Waals surface area contributed by atoms with Gasteiger partial charge in [-0.1, -0.05) is 303 Å². The van der Waals surface area contributed by atoms with E-state index >= 15 is 0 Å². The largest absolute Gasteiger partial charge is 0.394 e. The van der Waals surface area contributed by atoms with Crippen molar-refractivity contribution in [1.82, 2.24) is 5.32 Å². The highest BCUT2D eigenvalue weighted by Crippen LogP contribution is 2.19. The van der Waals surface area contributed by atoms with Crippen molar-refractivity contribution >= 4 is 5.91 Å². The molecule has 5 heteroatoms. The number of carbonyl (C=O) groups excluding carboxylic acids is 1. The zero-order chi connectivity index (χ0) is 43.7. The normalized spacial score (nSPS) is 13.2. The lowest BCUT2D eigenvalue weighted by molar-refractivity contribution is -0.124. The monoisotopic (exact) mass is 850 g/mol. The molecular weight excluding hydrogens is 739 g/mol. The van der Waals surface area contributed by atoms with Crippen molar-refractivity contribution in [1.29, 1.82) is 0 Å². The van der Waals surface area contributed by atoms with Gasteiger partial charge in [0, 0.05) is 6.42 Å². The van der Waals surface area contributed by atoms with Crippen LogP contribution in [0.1, 0.15) is 322 Å². The highest BCUT2D eigenvalue weighted by Gasteiger charge is 2.26. The molecule has 0 bridgehead atoms. The third-order valence-electron chi connectivity index (χ3n) is 13.5. The second kappa shape index (κ2) is 51.0. The van der Waals surface area contributed by atoms with Crippen LogP contribution in [0.4, 0.5) is 0 Å². The number of aliphatic hydroxyl groups excluding tert-OH is 3. The van der Waals surface area contributed by atoms with Crippen LogP contribution in [0.2, 0.25) is 0 Å². The summed E-state index contributed by atoms with van der Waals surface area (Å²) in [5, 5.41) is 33.8. The van der Waals surface area contributed by atoms with Crippen LogP contribution in [0.3, 0.4) is 0 Å². The minimum Gasteiger partial charge on any atom is -0.394 e. The Labute approximate surface area is 377 Å². The first-order valence-electron chi connectivity index (χ1n) is 27.8. The lowest BCUT2D eigenvalue weighted by atomic mass is 9.99. The maximum atomic E-state index is 12.5. The summed E-state index contributed by atoms with van der Waals surface area (Å²) in [5.74, 6) is -0.136. The molecule has 4 N–H and O–H groups in total. The van der Waals surface area contributed by atoms with Crippen LogP contribution in [0.25, 0.3) is 0 Å². The number of unbranched alkanes of at least 4 members (excludes halogenated alkanes) is 44. The minimum atomic E-state index is -1.13. The van der Waals surface area contributed by atoms with Crippen LogP contribution >= 0.6 is 0 Å². The Morgan fingerprint density at radius 1 is 0.350 bits per heavy atom. The van der Waals surface area contributed by atoms with Crippen molar-refractivity contribution in [3.8, 4) is 0 Å². The lowest BCUT2D eigenvalue weighted by Crippen LogP contribution is -2.50. The number of amides is 1. The molecule has 0 fully saturated rings. The summed E-state index contributed by atoms with van der Waals surface area (Å²) in [4.78, 5) is 12.5. The highest BCUT2D eigenvalue weighted by atomic mass is 16.3. The van der Waals surface area contributed by atoms with Gasteiger partial charge in [0.05, 0.1) is 18.8 Å². The van der Waals surface area contributed by atoms with Crippen molar-refractivity contribution in [2.24, 2.45) is 0 Å². The molecule has 60 heavy (non-hydrogen) atoms. The molecule has 0 radical (unpaired) electrons. The fourth-order valence-corrected chi connectivity index (χ4v) is 9.17. The second-order valence-corrected chi connectivity index (χ2v) is 19.5. The molecule has 0 saturated carbocycles. The molecule has 0 aliphatic carbocycles. The first-order chi connectivity index (χ1) is 29.6. The summed E-state index contributed by atoms with van der Waals surface area (Å²) < 4.78 is 0. The molecule has 3 atom stereocenters. The Hall–Kier alpha value is -0.650. The van der Waals surface area contributed by atoms with E-state index in [-0.39, 0.29) is 12.5 Å². The quantitative estimate of drug-likeness (QED) is 0.0459. The maximum absolute atomic E-state index is 12.5. The van der Waals surface area contributed by atoms with Gasteiger partial charge in [-0.3, -0.25) is 4.79 Å². The Morgan fingerprint density at radius 2 is 0.567 bits per heavy atom. The fourth-order valence-electron chi connectivity index (χ4n) is 9.17. The Balaban J connectivity index is 3.50. The topological polar surface area (TPSA) is 89.8 Å². The van der Waals surface area contributed by atoms with Gasteiger partial charge >= 0.3 is 0 Å². The van der Waals surface area contributed by atoms with Crippen LogP contribution in [0.5, 0.6) is 0 Å². The van der Waals surface area contributed by atoms with Gasteiger partial charge in [-0.15, -0.1) is 0 Å². The van der Waals surface area contributed by atoms with Crippen molar-refractivity contribution < 1.29 is 20.1 Å².